The molecule has 0 heterocycles. The van der Waals surface area contributed by atoms with Crippen molar-refractivity contribution in [2.45, 2.75) is 11.8 Å². The van der Waals surface area contributed by atoms with Gasteiger partial charge >= 0.3 is 0 Å². The van der Waals surface area contributed by atoms with Crippen molar-refractivity contribution in [3.05, 3.63) is 82.4 Å². The Labute approximate surface area is 116 Å². The van der Waals surface area contributed by atoms with Crippen LogP contribution in [0.4, 0.5) is 0 Å². The molecular weight excluding hydrogens is 256 g/mol. The van der Waals surface area contributed by atoms with E-state index in [1.807, 2.05) is 18.2 Å². The Hall–Kier alpha value is -1.86. The predicted octanol–water partition coefficient (Wildman–Crippen LogP) is 4.21. The Morgan fingerprint density at radius 1 is 0.842 bits per heavy atom. The molecule has 0 unspecified atom stereocenters. The predicted molar refractivity (Wildman–Crippen MR) is 75.9 cm³/mol. The van der Waals surface area contributed by atoms with Crippen molar-refractivity contribution in [3.8, 4) is 0 Å². The molecule has 0 aromatic heterocycles. The molecular formula is C17H11ClO. The summed E-state index contributed by atoms with van der Waals surface area (Å²) in [7, 11) is 0. The van der Waals surface area contributed by atoms with E-state index in [4.69, 9.17) is 11.6 Å². The molecule has 0 fully saturated rings. The first-order valence-electron chi connectivity index (χ1n) is 6.36. The zero-order valence-electron chi connectivity index (χ0n) is 10.1. The number of carbonyl (C=O) groups excluding carboxylic acids is 1. The number of carbonyl (C=O) groups is 1. The Morgan fingerprint density at radius 3 is 2.05 bits per heavy atom. The molecule has 3 aliphatic rings. The minimum Gasteiger partial charge on any atom is -0.276 e. The lowest BCUT2D eigenvalue weighted by atomic mass is 9.68. The summed E-state index contributed by atoms with van der Waals surface area (Å²) in [5, 5.41) is -0.387. The fourth-order valence-electron chi connectivity index (χ4n) is 3.30. The van der Waals surface area contributed by atoms with Gasteiger partial charge in [0.05, 0.1) is 0 Å². The molecule has 0 spiro atoms. The fraction of sp³-hybridized carbons (Fsp3) is 0.118. The van der Waals surface area contributed by atoms with Gasteiger partial charge in [0.25, 0.3) is 5.24 Å². The largest absolute Gasteiger partial charge is 0.276 e. The van der Waals surface area contributed by atoms with Gasteiger partial charge in [-0.1, -0.05) is 42.5 Å². The molecule has 92 valence electrons. The van der Waals surface area contributed by atoms with Crippen LogP contribution >= 0.6 is 11.6 Å². The lowest BCUT2D eigenvalue weighted by Crippen LogP contribution is -2.20. The number of halogens is 1. The van der Waals surface area contributed by atoms with E-state index in [9.17, 15) is 4.79 Å². The van der Waals surface area contributed by atoms with Crippen molar-refractivity contribution >= 4 is 16.8 Å². The highest BCUT2D eigenvalue weighted by atomic mass is 35.5. The standard InChI is InChI=1S/C17H11ClO/c18-17(19)10-5-6-14-13-7-8-15(16(14)9-10)12-4-2-1-3-11(12)13/h1-9,13,15H/t13-,15-/m0/s1. The smallest absolute Gasteiger partial charge is 0.252 e. The van der Waals surface area contributed by atoms with Crippen molar-refractivity contribution in [2.75, 3.05) is 0 Å². The van der Waals surface area contributed by atoms with Crippen LogP contribution in [0.2, 0.25) is 0 Å². The second-order valence-corrected chi connectivity index (χ2v) is 5.43. The maximum absolute atomic E-state index is 11.3. The summed E-state index contributed by atoms with van der Waals surface area (Å²) in [6.45, 7) is 0. The van der Waals surface area contributed by atoms with Crippen LogP contribution in [0.15, 0.2) is 54.6 Å². The van der Waals surface area contributed by atoms with Gasteiger partial charge in [0.1, 0.15) is 0 Å². The Morgan fingerprint density at radius 2 is 1.42 bits per heavy atom. The molecule has 0 amide bonds. The van der Waals surface area contributed by atoms with E-state index in [0.717, 1.165) is 0 Å². The first-order valence-corrected chi connectivity index (χ1v) is 6.74. The van der Waals surface area contributed by atoms with E-state index < -0.39 is 0 Å². The van der Waals surface area contributed by atoms with Crippen molar-refractivity contribution < 1.29 is 4.79 Å². The van der Waals surface area contributed by atoms with Crippen molar-refractivity contribution in [1.82, 2.24) is 0 Å². The number of benzene rings is 2. The topological polar surface area (TPSA) is 17.1 Å². The fourth-order valence-corrected chi connectivity index (χ4v) is 3.42. The molecule has 19 heavy (non-hydrogen) atoms. The minimum absolute atomic E-state index is 0.257. The molecule has 0 saturated carbocycles. The van der Waals surface area contributed by atoms with E-state index >= 15 is 0 Å². The van der Waals surface area contributed by atoms with Gasteiger partial charge in [0, 0.05) is 17.4 Å². The van der Waals surface area contributed by atoms with Gasteiger partial charge in [-0.2, -0.15) is 0 Å². The molecule has 0 saturated heterocycles. The maximum atomic E-state index is 11.3. The average molecular weight is 267 g/mol. The summed E-state index contributed by atoms with van der Waals surface area (Å²) in [5.41, 5.74) is 5.83. The van der Waals surface area contributed by atoms with E-state index in [-0.39, 0.29) is 11.2 Å². The third-order valence-corrected chi connectivity index (χ3v) is 4.36. The number of allylic oxidation sites excluding steroid dienone is 2. The lowest BCUT2D eigenvalue weighted by molar-refractivity contribution is 0.108. The first-order chi connectivity index (χ1) is 9.25. The van der Waals surface area contributed by atoms with Gasteiger partial charge in [-0.05, 0) is 46.0 Å². The number of rotatable bonds is 1. The van der Waals surface area contributed by atoms with Gasteiger partial charge in [-0.15, -0.1) is 0 Å². The third kappa shape index (κ3) is 1.45. The highest BCUT2D eigenvalue weighted by Gasteiger charge is 2.33. The molecule has 5 rings (SSSR count). The lowest BCUT2D eigenvalue weighted by Gasteiger charge is -2.36. The van der Waals surface area contributed by atoms with E-state index in [1.165, 1.54) is 22.3 Å². The Kier molecular flexibility index (Phi) is 2.21. The zero-order valence-corrected chi connectivity index (χ0v) is 10.9. The molecule has 3 aliphatic carbocycles. The Balaban J connectivity index is 1.96. The third-order valence-electron chi connectivity index (χ3n) is 4.15. The normalized spacial score (nSPS) is 21.9. The van der Waals surface area contributed by atoms with Crippen LogP contribution in [0.3, 0.4) is 0 Å². The summed E-state index contributed by atoms with van der Waals surface area (Å²) in [4.78, 5) is 11.3. The molecule has 0 radical (unpaired) electrons. The molecule has 0 N–H and O–H groups in total. The van der Waals surface area contributed by atoms with E-state index in [0.29, 0.717) is 11.5 Å². The van der Waals surface area contributed by atoms with Crippen LogP contribution in [-0.4, -0.2) is 5.24 Å². The Bertz CT molecular complexity index is 730. The first kappa shape index (κ1) is 11.0. The van der Waals surface area contributed by atoms with Gasteiger partial charge < -0.3 is 0 Å². The summed E-state index contributed by atoms with van der Waals surface area (Å²) in [6.07, 6.45) is 4.50. The summed E-state index contributed by atoms with van der Waals surface area (Å²) in [6, 6.07) is 14.3. The zero-order chi connectivity index (χ0) is 13.0. The van der Waals surface area contributed by atoms with Crippen LogP contribution in [-0.2, 0) is 0 Å². The van der Waals surface area contributed by atoms with Gasteiger partial charge in [0.2, 0.25) is 0 Å². The van der Waals surface area contributed by atoms with Crippen LogP contribution in [0.1, 0.15) is 44.4 Å². The number of hydrogen-bond acceptors (Lipinski definition) is 1. The SMILES string of the molecule is O=C(Cl)c1ccc2c(c1)[C@H]1C=C[C@H]2c2ccccc21. The van der Waals surface area contributed by atoms with Crippen LogP contribution in [0.5, 0.6) is 0 Å². The molecule has 0 aliphatic heterocycles. The molecule has 2 aromatic carbocycles. The second kappa shape index (κ2) is 3.82. The van der Waals surface area contributed by atoms with Crippen molar-refractivity contribution in [3.63, 3.8) is 0 Å². The van der Waals surface area contributed by atoms with Crippen molar-refractivity contribution in [2.24, 2.45) is 0 Å². The molecule has 2 bridgehead atoms. The summed E-state index contributed by atoms with van der Waals surface area (Å²) in [5.74, 6) is 0.572. The maximum Gasteiger partial charge on any atom is 0.252 e. The van der Waals surface area contributed by atoms with Crippen LogP contribution < -0.4 is 0 Å². The number of hydrogen-bond donors (Lipinski definition) is 0. The molecule has 2 heteroatoms. The van der Waals surface area contributed by atoms with E-state index in [1.54, 1.807) is 0 Å². The average Bonchev–Trinajstić information content (AvgIpc) is 2.47. The van der Waals surface area contributed by atoms with Gasteiger partial charge in [-0.3, -0.25) is 4.79 Å². The molecule has 2 atom stereocenters. The summed E-state index contributed by atoms with van der Waals surface area (Å²) < 4.78 is 0. The van der Waals surface area contributed by atoms with Gasteiger partial charge in [-0.25, -0.2) is 0 Å². The highest BCUT2D eigenvalue weighted by molar-refractivity contribution is 6.67. The van der Waals surface area contributed by atoms with Crippen LogP contribution in [0.25, 0.3) is 0 Å². The van der Waals surface area contributed by atoms with Crippen LogP contribution in [0, 0.1) is 0 Å². The quantitative estimate of drug-likeness (QED) is 0.558. The molecule has 2 aromatic rings. The second-order valence-electron chi connectivity index (χ2n) is 5.09. The van der Waals surface area contributed by atoms with E-state index in [2.05, 4.69) is 36.4 Å². The highest BCUT2D eigenvalue weighted by Crippen LogP contribution is 2.48. The monoisotopic (exact) mass is 266 g/mol. The van der Waals surface area contributed by atoms with Gasteiger partial charge in [0.15, 0.2) is 0 Å². The van der Waals surface area contributed by atoms with Crippen molar-refractivity contribution in [1.29, 1.82) is 0 Å². The summed E-state index contributed by atoms with van der Waals surface area (Å²) >= 11 is 5.59. The minimum atomic E-state index is -0.387. The molecule has 1 nitrogen and oxygen atoms in total.